The molecule has 2 aliphatic rings. The first-order chi connectivity index (χ1) is 10.8. The molecule has 1 fully saturated rings. The normalized spacial score (nSPS) is 17.0. The lowest BCUT2D eigenvalue weighted by atomic mass is 10.1. The molecule has 0 saturated carbocycles. The Morgan fingerprint density at radius 2 is 2.00 bits per heavy atom. The van der Waals surface area contributed by atoms with E-state index in [1.165, 1.54) is 6.20 Å². The number of nitrogens with zero attached hydrogens (tertiary/aromatic N) is 2. The molecule has 2 heterocycles. The molecule has 1 N–H and O–H groups in total. The zero-order valence-electron chi connectivity index (χ0n) is 12.2. The van der Waals surface area contributed by atoms with Crippen LogP contribution in [0.2, 0.25) is 0 Å². The summed E-state index contributed by atoms with van der Waals surface area (Å²) in [4.78, 5) is 14.0. The van der Waals surface area contributed by atoms with Crippen molar-refractivity contribution in [2.24, 2.45) is 0 Å². The van der Waals surface area contributed by atoms with Gasteiger partial charge in [-0.3, -0.25) is 4.79 Å². The summed E-state index contributed by atoms with van der Waals surface area (Å²) in [5.74, 6) is 1.13. The summed E-state index contributed by atoms with van der Waals surface area (Å²) in [6, 6.07) is 7.35. The minimum Gasteiger partial charge on any atom is -0.454 e. The van der Waals surface area contributed by atoms with Crippen molar-refractivity contribution in [2.45, 2.75) is 19.3 Å². The molecule has 0 aromatic heterocycles. The maximum Gasteiger partial charge on any atom is 0.266 e. The second-order valence-corrected chi connectivity index (χ2v) is 5.24. The number of piperidine rings is 1. The summed E-state index contributed by atoms with van der Waals surface area (Å²) in [5, 5.41) is 12.2. The molecule has 114 valence electrons. The predicted molar refractivity (Wildman–Crippen MR) is 80.3 cm³/mol. The number of amides is 1. The van der Waals surface area contributed by atoms with Gasteiger partial charge in [0.15, 0.2) is 11.5 Å². The lowest BCUT2D eigenvalue weighted by molar-refractivity contribution is -0.127. The van der Waals surface area contributed by atoms with Gasteiger partial charge in [-0.15, -0.1) is 0 Å². The van der Waals surface area contributed by atoms with Crippen molar-refractivity contribution in [3.63, 3.8) is 0 Å². The van der Waals surface area contributed by atoms with Gasteiger partial charge in [0.05, 0.1) is 0 Å². The molecule has 0 spiro atoms. The van der Waals surface area contributed by atoms with Gasteiger partial charge in [0, 0.05) is 31.0 Å². The van der Waals surface area contributed by atoms with Crippen LogP contribution in [0, 0.1) is 11.3 Å². The van der Waals surface area contributed by atoms with Gasteiger partial charge in [0.2, 0.25) is 6.79 Å². The lowest BCUT2D eigenvalue weighted by Gasteiger charge is -2.26. The van der Waals surface area contributed by atoms with Crippen LogP contribution in [0.25, 0.3) is 0 Å². The first-order valence-electron chi connectivity index (χ1n) is 7.33. The van der Waals surface area contributed by atoms with Crippen LogP contribution in [0.15, 0.2) is 30.0 Å². The maximum atomic E-state index is 12.3. The summed E-state index contributed by atoms with van der Waals surface area (Å²) in [6.07, 6.45) is 4.60. The molecule has 22 heavy (non-hydrogen) atoms. The molecule has 0 bridgehead atoms. The van der Waals surface area contributed by atoms with Crippen LogP contribution in [0.5, 0.6) is 11.5 Å². The Hall–Kier alpha value is -2.68. The average molecular weight is 299 g/mol. The van der Waals surface area contributed by atoms with E-state index in [1.807, 2.05) is 12.1 Å². The fraction of sp³-hybridized carbons (Fsp3) is 0.375. The number of fused-ring (bicyclic) bond motifs is 1. The summed E-state index contributed by atoms with van der Waals surface area (Å²) in [5.41, 5.74) is 0.850. The highest BCUT2D eigenvalue weighted by Gasteiger charge is 2.20. The highest BCUT2D eigenvalue weighted by molar-refractivity contribution is 5.97. The molecule has 1 saturated heterocycles. The average Bonchev–Trinajstić information content (AvgIpc) is 3.03. The molecule has 6 heteroatoms. The number of nitrogens with one attached hydrogen (secondary N) is 1. The van der Waals surface area contributed by atoms with Crippen molar-refractivity contribution in [3.05, 3.63) is 30.0 Å². The molecule has 1 amide bonds. The second-order valence-electron chi connectivity index (χ2n) is 5.24. The highest BCUT2D eigenvalue weighted by atomic mass is 16.7. The monoisotopic (exact) mass is 299 g/mol. The minimum absolute atomic E-state index is 0.111. The topological polar surface area (TPSA) is 74.6 Å². The Morgan fingerprint density at radius 1 is 1.23 bits per heavy atom. The van der Waals surface area contributed by atoms with Crippen molar-refractivity contribution in [3.8, 4) is 17.6 Å². The number of carbonyl (C=O) groups is 1. The van der Waals surface area contributed by atoms with Crippen LogP contribution < -0.4 is 14.8 Å². The summed E-state index contributed by atoms with van der Waals surface area (Å²) >= 11 is 0. The van der Waals surface area contributed by atoms with Crippen molar-refractivity contribution in [1.29, 1.82) is 5.26 Å². The van der Waals surface area contributed by atoms with E-state index in [9.17, 15) is 10.1 Å². The van der Waals surface area contributed by atoms with Crippen LogP contribution in [-0.2, 0) is 4.79 Å². The second kappa shape index (κ2) is 6.39. The number of hydrogen-bond donors (Lipinski definition) is 1. The summed E-state index contributed by atoms with van der Waals surface area (Å²) in [6.45, 7) is 1.66. The Kier molecular flexibility index (Phi) is 4.15. The SMILES string of the molecule is N#C/C(=C/Nc1ccc2c(c1)OCO2)C(=O)N1CCCCC1. The van der Waals surface area contributed by atoms with Gasteiger partial charge >= 0.3 is 0 Å². The zero-order chi connectivity index (χ0) is 15.4. The van der Waals surface area contributed by atoms with E-state index < -0.39 is 0 Å². The number of nitriles is 1. The number of carbonyl (C=O) groups excluding carboxylic acids is 1. The Balaban J connectivity index is 1.69. The molecule has 0 atom stereocenters. The highest BCUT2D eigenvalue weighted by Crippen LogP contribution is 2.34. The van der Waals surface area contributed by atoms with Crippen LogP contribution in [-0.4, -0.2) is 30.7 Å². The first-order valence-corrected chi connectivity index (χ1v) is 7.33. The van der Waals surface area contributed by atoms with E-state index in [4.69, 9.17) is 9.47 Å². The Labute approximate surface area is 128 Å². The van der Waals surface area contributed by atoms with Crippen LogP contribution in [0.1, 0.15) is 19.3 Å². The molecule has 1 aromatic carbocycles. The van der Waals surface area contributed by atoms with Gasteiger partial charge in [-0.2, -0.15) is 5.26 Å². The molecule has 0 aliphatic carbocycles. The molecule has 0 radical (unpaired) electrons. The van der Waals surface area contributed by atoms with Crippen molar-refractivity contribution in [2.75, 3.05) is 25.2 Å². The van der Waals surface area contributed by atoms with Crippen LogP contribution >= 0.6 is 0 Å². The predicted octanol–water partition coefficient (Wildman–Crippen LogP) is 2.25. The number of hydrogen-bond acceptors (Lipinski definition) is 5. The Morgan fingerprint density at radius 3 is 2.77 bits per heavy atom. The van der Waals surface area contributed by atoms with Gasteiger partial charge in [-0.1, -0.05) is 0 Å². The number of anilines is 1. The van der Waals surface area contributed by atoms with E-state index in [2.05, 4.69) is 5.32 Å². The molecule has 2 aliphatic heterocycles. The maximum absolute atomic E-state index is 12.3. The number of ether oxygens (including phenoxy) is 2. The third-order valence-corrected chi connectivity index (χ3v) is 3.75. The Bertz CT molecular complexity index is 643. The smallest absolute Gasteiger partial charge is 0.266 e. The number of likely N-dealkylation sites (tertiary alicyclic amines) is 1. The van der Waals surface area contributed by atoms with E-state index >= 15 is 0 Å². The van der Waals surface area contributed by atoms with Gasteiger partial charge < -0.3 is 19.7 Å². The fourth-order valence-electron chi connectivity index (χ4n) is 2.55. The summed E-state index contributed by atoms with van der Waals surface area (Å²) in [7, 11) is 0. The van der Waals surface area contributed by atoms with Crippen LogP contribution in [0.4, 0.5) is 5.69 Å². The quantitative estimate of drug-likeness (QED) is 0.684. The first kappa shape index (κ1) is 14.3. The van der Waals surface area contributed by atoms with Gasteiger partial charge in [0.25, 0.3) is 5.91 Å². The van der Waals surface area contributed by atoms with E-state index in [0.29, 0.717) is 11.5 Å². The van der Waals surface area contributed by atoms with Crippen molar-refractivity contribution < 1.29 is 14.3 Å². The number of benzene rings is 1. The van der Waals surface area contributed by atoms with Gasteiger partial charge in [-0.05, 0) is 31.4 Å². The van der Waals surface area contributed by atoms with E-state index in [1.54, 1.807) is 17.0 Å². The minimum atomic E-state index is -0.213. The molecular formula is C16H17N3O3. The zero-order valence-corrected chi connectivity index (χ0v) is 12.2. The lowest BCUT2D eigenvalue weighted by Crippen LogP contribution is -2.36. The number of rotatable bonds is 3. The van der Waals surface area contributed by atoms with Crippen molar-refractivity contribution >= 4 is 11.6 Å². The van der Waals surface area contributed by atoms with E-state index in [0.717, 1.165) is 38.0 Å². The molecule has 6 nitrogen and oxygen atoms in total. The molecule has 3 rings (SSSR count). The fourth-order valence-corrected chi connectivity index (χ4v) is 2.55. The van der Waals surface area contributed by atoms with Crippen LogP contribution in [0.3, 0.4) is 0 Å². The molecule has 1 aromatic rings. The third kappa shape index (κ3) is 2.98. The van der Waals surface area contributed by atoms with Crippen molar-refractivity contribution in [1.82, 2.24) is 4.90 Å². The van der Waals surface area contributed by atoms with E-state index in [-0.39, 0.29) is 18.3 Å². The molecular weight excluding hydrogens is 282 g/mol. The largest absolute Gasteiger partial charge is 0.454 e. The molecule has 0 unspecified atom stereocenters. The van der Waals surface area contributed by atoms with Gasteiger partial charge in [0.1, 0.15) is 11.6 Å². The standard InChI is InChI=1S/C16H17N3O3/c17-9-12(16(20)19-6-2-1-3-7-19)10-18-13-4-5-14-15(8-13)22-11-21-14/h4-5,8,10,18H,1-3,6-7,11H2/b12-10-. The third-order valence-electron chi connectivity index (χ3n) is 3.75. The summed E-state index contributed by atoms with van der Waals surface area (Å²) < 4.78 is 10.5. The van der Waals surface area contributed by atoms with Gasteiger partial charge in [-0.25, -0.2) is 0 Å².